The molecule has 2 aromatic heterocycles. The number of aromatic nitrogens is 3. The quantitative estimate of drug-likeness (QED) is 0.742. The molecule has 0 atom stereocenters. The molecule has 1 N–H and O–H groups in total. The van der Waals surface area contributed by atoms with Gasteiger partial charge in [0.05, 0.1) is 12.1 Å². The highest BCUT2D eigenvalue weighted by Gasteiger charge is 2.26. The minimum Gasteiger partial charge on any atom is -0.339 e. The summed E-state index contributed by atoms with van der Waals surface area (Å²) in [5.41, 5.74) is 4.18. The maximum absolute atomic E-state index is 12.8. The van der Waals surface area contributed by atoms with Gasteiger partial charge in [0.15, 0.2) is 0 Å². The van der Waals surface area contributed by atoms with Crippen molar-refractivity contribution in [3.05, 3.63) is 71.7 Å². The Morgan fingerprint density at radius 1 is 1.03 bits per heavy atom. The van der Waals surface area contributed by atoms with E-state index in [1.165, 1.54) is 5.56 Å². The lowest BCUT2D eigenvalue weighted by molar-refractivity contribution is -0.131. The number of carbonyl (C=O) groups excluding carboxylic acids is 2. The normalized spacial score (nSPS) is 14.1. The van der Waals surface area contributed by atoms with Gasteiger partial charge in [-0.15, -0.1) is 0 Å². The van der Waals surface area contributed by atoms with Gasteiger partial charge in [0.2, 0.25) is 5.91 Å². The van der Waals surface area contributed by atoms with E-state index in [0.29, 0.717) is 44.0 Å². The number of hydrogen-bond acceptors (Lipinski definition) is 4. The topological polar surface area (TPSA) is 82.2 Å². The van der Waals surface area contributed by atoms with Crippen LogP contribution in [-0.4, -0.2) is 63.0 Å². The van der Waals surface area contributed by atoms with E-state index in [0.717, 1.165) is 11.1 Å². The summed E-state index contributed by atoms with van der Waals surface area (Å²) in [4.78, 5) is 33.0. The van der Waals surface area contributed by atoms with Gasteiger partial charge >= 0.3 is 0 Å². The second-order valence-electron chi connectivity index (χ2n) is 7.24. The second-order valence-corrected chi connectivity index (χ2v) is 7.24. The van der Waals surface area contributed by atoms with Crippen LogP contribution < -0.4 is 0 Å². The minimum atomic E-state index is -0.0988. The molecule has 7 nitrogen and oxygen atoms in total. The molecule has 0 unspecified atom stereocenters. The number of rotatable bonds is 4. The lowest BCUT2D eigenvalue weighted by Crippen LogP contribution is -2.51. The van der Waals surface area contributed by atoms with Crippen LogP contribution in [0.5, 0.6) is 0 Å². The summed E-state index contributed by atoms with van der Waals surface area (Å²) in [5, 5.41) is 7.04. The van der Waals surface area contributed by atoms with Gasteiger partial charge in [-0.3, -0.25) is 19.7 Å². The Bertz CT molecular complexity index is 990. The molecular weight excluding hydrogens is 366 g/mol. The van der Waals surface area contributed by atoms with E-state index >= 15 is 0 Å². The molecule has 1 fully saturated rings. The molecule has 1 aliphatic heterocycles. The Morgan fingerprint density at radius 3 is 2.45 bits per heavy atom. The molecule has 148 valence electrons. The maximum Gasteiger partial charge on any atom is 0.272 e. The van der Waals surface area contributed by atoms with Crippen LogP contribution in [0.4, 0.5) is 0 Å². The number of aryl methyl sites for hydroxylation is 1. The van der Waals surface area contributed by atoms with Gasteiger partial charge in [-0.25, -0.2) is 0 Å². The zero-order valence-electron chi connectivity index (χ0n) is 16.3. The van der Waals surface area contributed by atoms with Crippen molar-refractivity contribution in [3.63, 3.8) is 0 Å². The first-order valence-electron chi connectivity index (χ1n) is 9.68. The first-order valence-corrected chi connectivity index (χ1v) is 9.68. The van der Waals surface area contributed by atoms with Crippen molar-refractivity contribution in [1.29, 1.82) is 0 Å². The van der Waals surface area contributed by atoms with Gasteiger partial charge in [-0.05, 0) is 30.7 Å². The second kappa shape index (κ2) is 8.26. The highest BCUT2D eigenvalue weighted by molar-refractivity contribution is 5.93. The Labute approximate surface area is 169 Å². The third-order valence-corrected chi connectivity index (χ3v) is 5.16. The highest BCUT2D eigenvalue weighted by atomic mass is 16.2. The molecule has 0 radical (unpaired) electrons. The zero-order valence-corrected chi connectivity index (χ0v) is 16.3. The standard InChI is InChI=1S/C22H23N5O2/c1-16-4-6-17(7-5-16)13-21(28)26-9-11-27(12-10-26)22(29)20-14-19(24-25-20)18-3-2-8-23-15-18/h2-8,14-15H,9-13H2,1H3,(H,24,25). The van der Waals surface area contributed by atoms with Crippen LogP contribution >= 0.6 is 0 Å². The molecule has 7 heteroatoms. The van der Waals surface area contributed by atoms with Crippen LogP contribution in [0.1, 0.15) is 21.6 Å². The van der Waals surface area contributed by atoms with Crippen molar-refractivity contribution < 1.29 is 9.59 Å². The first-order chi connectivity index (χ1) is 14.1. The molecule has 1 saturated heterocycles. The van der Waals surface area contributed by atoms with E-state index in [-0.39, 0.29) is 11.8 Å². The van der Waals surface area contributed by atoms with Crippen LogP contribution in [0.2, 0.25) is 0 Å². The third-order valence-electron chi connectivity index (χ3n) is 5.16. The third kappa shape index (κ3) is 4.34. The van der Waals surface area contributed by atoms with Gasteiger partial charge in [-0.1, -0.05) is 29.8 Å². The van der Waals surface area contributed by atoms with E-state index in [1.54, 1.807) is 23.4 Å². The molecule has 0 saturated carbocycles. The smallest absolute Gasteiger partial charge is 0.272 e. The molecule has 0 bridgehead atoms. The molecule has 1 aliphatic rings. The molecule has 3 aromatic rings. The summed E-state index contributed by atoms with van der Waals surface area (Å²) in [6.45, 7) is 4.14. The highest BCUT2D eigenvalue weighted by Crippen LogP contribution is 2.17. The van der Waals surface area contributed by atoms with E-state index in [1.807, 2.05) is 48.2 Å². The number of nitrogens with zero attached hydrogens (tertiary/aromatic N) is 4. The predicted molar refractivity (Wildman–Crippen MR) is 109 cm³/mol. The van der Waals surface area contributed by atoms with Crippen LogP contribution in [-0.2, 0) is 11.2 Å². The van der Waals surface area contributed by atoms with Crippen LogP contribution in [0.3, 0.4) is 0 Å². The number of H-pyrrole nitrogens is 1. The molecule has 4 rings (SSSR count). The molecule has 0 aliphatic carbocycles. The van der Waals surface area contributed by atoms with Crippen LogP contribution in [0.15, 0.2) is 54.9 Å². The first kappa shape index (κ1) is 18.9. The molecular formula is C22H23N5O2. The number of benzene rings is 1. The summed E-state index contributed by atoms with van der Waals surface area (Å²) in [7, 11) is 0. The van der Waals surface area contributed by atoms with Crippen LogP contribution in [0, 0.1) is 6.92 Å². The van der Waals surface area contributed by atoms with Crippen molar-refractivity contribution >= 4 is 11.8 Å². The van der Waals surface area contributed by atoms with E-state index in [9.17, 15) is 9.59 Å². The fraction of sp³-hybridized carbons (Fsp3) is 0.273. The molecule has 1 aromatic carbocycles. The van der Waals surface area contributed by atoms with Gasteiger partial charge in [0.1, 0.15) is 5.69 Å². The number of amides is 2. The minimum absolute atomic E-state index is 0.0985. The summed E-state index contributed by atoms with van der Waals surface area (Å²) in [6.07, 6.45) is 3.80. The zero-order chi connectivity index (χ0) is 20.2. The number of nitrogens with one attached hydrogen (secondary N) is 1. The van der Waals surface area contributed by atoms with Crippen molar-refractivity contribution in [2.45, 2.75) is 13.3 Å². The van der Waals surface area contributed by atoms with Crippen LogP contribution in [0.25, 0.3) is 11.3 Å². The van der Waals surface area contributed by atoms with Gasteiger partial charge in [0, 0.05) is 44.1 Å². The lowest BCUT2D eigenvalue weighted by atomic mass is 10.1. The fourth-order valence-corrected chi connectivity index (χ4v) is 3.42. The number of pyridine rings is 1. The summed E-state index contributed by atoms with van der Waals surface area (Å²) in [6, 6.07) is 13.5. The summed E-state index contributed by atoms with van der Waals surface area (Å²) < 4.78 is 0. The van der Waals surface area contributed by atoms with Gasteiger partial charge in [-0.2, -0.15) is 5.10 Å². The largest absolute Gasteiger partial charge is 0.339 e. The average Bonchev–Trinajstić information content (AvgIpc) is 3.26. The lowest BCUT2D eigenvalue weighted by Gasteiger charge is -2.34. The van der Waals surface area contributed by atoms with Gasteiger partial charge < -0.3 is 9.80 Å². The monoisotopic (exact) mass is 389 g/mol. The maximum atomic E-state index is 12.8. The van der Waals surface area contributed by atoms with Crippen molar-refractivity contribution in [2.24, 2.45) is 0 Å². The Morgan fingerprint density at radius 2 is 1.76 bits per heavy atom. The number of carbonyl (C=O) groups is 2. The van der Waals surface area contributed by atoms with E-state index < -0.39 is 0 Å². The SMILES string of the molecule is Cc1ccc(CC(=O)N2CCN(C(=O)c3cc(-c4cccnc4)n[nH]3)CC2)cc1. The predicted octanol–water partition coefficient (Wildman–Crippen LogP) is 2.31. The van der Waals surface area contributed by atoms with Crippen molar-refractivity contribution in [2.75, 3.05) is 26.2 Å². The Kier molecular flexibility index (Phi) is 5.37. The molecule has 0 spiro atoms. The summed E-state index contributed by atoms with van der Waals surface area (Å²) >= 11 is 0. The summed E-state index contributed by atoms with van der Waals surface area (Å²) in [5.74, 6) is -0.000343. The van der Waals surface area contributed by atoms with Gasteiger partial charge in [0.25, 0.3) is 5.91 Å². The molecule has 3 heterocycles. The van der Waals surface area contributed by atoms with Crippen molar-refractivity contribution in [1.82, 2.24) is 25.0 Å². The number of piperazine rings is 1. The number of aromatic amines is 1. The van der Waals surface area contributed by atoms with E-state index in [4.69, 9.17) is 0 Å². The average molecular weight is 389 g/mol. The fourth-order valence-electron chi connectivity index (χ4n) is 3.42. The number of hydrogen-bond donors (Lipinski definition) is 1. The Balaban J connectivity index is 1.33. The Hall–Kier alpha value is -3.48. The molecule has 29 heavy (non-hydrogen) atoms. The van der Waals surface area contributed by atoms with Crippen molar-refractivity contribution in [3.8, 4) is 11.3 Å². The molecule has 2 amide bonds. The van der Waals surface area contributed by atoms with E-state index in [2.05, 4.69) is 15.2 Å².